The number of carbonyl (C=O) groups is 1. The van der Waals surface area contributed by atoms with E-state index in [0.29, 0.717) is 0 Å². The van der Waals surface area contributed by atoms with Crippen LogP contribution in [0.2, 0.25) is 0 Å². The standard InChI is InChI=1S/C21H27N3O/c1-17(21(25)23(2)19-9-5-3-6-10-19)22-18-11-13-20(14-12-18)24-15-7-4-8-16-24/h3,5-6,9-14,17,22H,4,7-8,15-16H2,1-2H3/t17-/m0/s1. The summed E-state index contributed by atoms with van der Waals surface area (Å²) < 4.78 is 0. The Kier molecular flexibility index (Phi) is 5.59. The van der Waals surface area contributed by atoms with E-state index in [2.05, 4.69) is 34.5 Å². The Labute approximate surface area is 150 Å². The van der Waals surface area contributed by atoms with E-state index in [4.69, 9.17) is 0 Å². The molecule has 0 aromatic heterocycles. The highest BCUT2D eigenvalue weighted by Gasteiger charge is 2.18. The van der Waals surface area contributed by atoms with E-state index in [1.165, 1.54) is 24.9 Å². The van der Waals surface area contributed by atoms with E-state index < -0.39 is 0 Å². The molecule has 1 amide bonds. The molecule has 1 aliphatic heterocycles. The molecule has 1 fully saturated rings. The van der Waals surface area contributed by atoms with Crippen LogP contribution < -0.4 is 15.1 Å². The van der Waals surface area contributed by atoms with Gasteiger partial charge in [-0.25, -0.2) is 0 Å². The van der Waals surface area contributed by atoms with Gasteiger partial charge in [-0.3, -0.25) is 4.79 Å². The van der Waals surface area contributed by atoms with E-state index in [1.807, 2.05) is 44.3 Å². The first-order chi connectivity index (χ1) is 12.1. The molecule has 25 heavy (non-hydrogen) atoms. The molecule has 1 heterocycles. The summed E-state index contributed by atoms with van der Waals surface area (Å²) in [4.78, 5) is 16.7. The van der Waals surface area contributed by atoms with Gasteiger partial charge in [-0.2, -0.15) is 0 Å². The number of amides is 1. The van der Waals surface area contributed by atoms with Crippen LogP contribution >= 0.6 is 0 Å². The Balaban J connectivity index is 1.60. The van der Waals surface area contributed by atoms with Crippen LogP contribution in [0, 0.1) is 0 Å². The second kappa shape index (κ2) is 8.06. The fraction of sp³-hybridized carbons (Fsp3) is 0.381. The Hall–Kier alpha value is -2.49. The zero-order valence-electron chi connectivity index (χ0n) is 15.1. The summed E-state index contributed by atoms with van der Waals surface area (Å²) in [5.74, 6) is 0.0475. The summed E-state index contributed by atoms with van der Waals surface area (Å²) in [6, 6.07) is 17.9. The average Bonchev–Trinajstić information content (AvgIpc) is 2.68. The third-order valence-electron chi connectivity index (χ3n) is 4.82. The lowest BCUT2D eigenvalue weighted by atomic mass is 10.1. The smallest absolute Gasteiger partial charge is 0.248 e. The minimum atomic E-state index is -0.286. The van der Waals surface area contributed by atoms with E-state index in [0.717, 1.165) is 24.5 Å². The Morgan fingerprint density at radius 2 is 1.64 bits per heavy atom. The van der Waals surface area contributed by atoms with Crippen LogP contribution in [-0.4, -0.2) is 32.1 Å². The van der Waals surface area contributed by atoms with Gasteiger partial charge in [0.05, 0.1) is 0 Å². The van der Waals surface area contributed by atoms with E-state index in [9.17, 15) is 4.79 Å². The summed E-state index contributed by atoms with van der Waals surface area (Å²) in [5, 5.41) is 3.31. The fourth-order valence-corrected chi connectivity index (χ4v) is 3.30. The van der Waals surface area contributed by atoms with Crippen molar-refractivity contribution in [3.63, 3.8) is 0 Å². The molecule has 2 aromatic carbocycles. The highest BCUT2D eigenvalue weighted by molar-refractivity contribution is 5.98. The average molecular weight is 337 g/mol. The minimum absolute atomic E-state index is 0.0475. The third-order valence-corrected chi connectivity index (χ3v) is 4.82. The van der Waals surface area contributed by atoms with Crippen LogP contribution in [0.25, 0.3) is 0 Å². The second-order valence-electron chi connectivity index (χ2n) is 6.69. The number of hydrogen-bond donors (Lipinski definition) is 1. The first-order valence-corrected chi connectivity index (χ1v) is 9.09. The van der Waals surface area contributed by atoms with Crippen molar-refractivity contribution >= 4 is 23.0 Å². The summed E-state index contributed by atoms with van der Waals surface area (Å²) in [7, 11) is 1.81. The topological polar surface area (TPSA) is 35.6 Å². The van der Waals surface area contributed by atoms with Gasteiger partial charge in [0.1, 0.15) is 6.04 Å². The lowest BCUT2D eigenvalue weighted by Crippen LogP contribution is -2.39. The van der Waals surface area contributed by atoms with Crippen LogP contribution in [0.3, 0.4) is 0 Å². The molecular weight excluding hydrogens is 310 g/mol. The Morgan fingerprint density at radius 1 is 1.00 bits per heavy atom. The molecule has 0 bridgehead atoms. The maximum absolute atomic E-state index is 12.6. The van der Waals surface area contributed by atoms with Gasteiger partial charge < -0.3 is 15.1 Å². The first kappa shape index (κ1) is 17.3. The zero-order chi connectivity index (χ0) is 17.6. The van der Waals surface area contributed by atoms with Crippen LogP contribution in [-0.2, 0) is 4.79 Å². The predicted octanol–water partition coefficient (Wildman–Crippen LogP) is 4.14. The van der Waals surface area contributed by atoms with Crippen molar-refractivity contribution in [1.29, 1.82) is 0 Å². The van der Waals surface area contributed by atoms with Crippen LogP contribution in [0.1, 0.15) is 26.2 Å². The summed E-state index contributed by atoms with van der Waals surface area (Å²) >= 11 is 0. The maximum Gasteiger partial charge on any atom is 0.248 e. The number of rotatable bonds is 5. The molecule has 0 radical (unpaired) electrons. The number of anilines is 3. The highest BCUT2D eigenvalue weighted by atomic mass is 16.2. The van der Waals surface area contributed by atoms with Gasteiger partial charge >= 0.3 is 0 Å². The van der Waals surface area contributed by atoms with E-state index >= 15 is 0 Å². The summed E-state index contributed by atoms with van der Waals surface area (Å²) in [5.41, 5.74) is 3.15. The molecule has 3 rings (SSSR count). The normalized spacial score (nSPS) is 15.5. The predicted molar refractivity (Wildman–Crippen MR) is 105 cm³/mol. The number of nitrogens with one attached hydrogen (secondary N) is 1. The Bertz CT molecular complexity index is 678. The molecule has 132 valence electrons. The molecule has 4 heteroatoms. The summed E-state index contributed by atoms with van der Waals surface area (Å²) in [6.45, 7) is 4.19. The number of carbonyl (C=O) groups excluding carboxylic acids is 1. The van der Waals surface area contributed by atoms with Crippen molar-refractivity contribution in [2.75, 3.05) is 35.3 Å². The molecule has 0 aliphatic carbocycles. The fourth-order valence-electron chi connectivity index (χ4n) is 3.30. The number of piperidine rings is 1. The molecule has 0 saturated carbocycles. The number of para-hydroxylation sites is 1. The van der Waals surface area contributed by atoms with Crippen molar-refractivity contribution in [3.05, 3.63) is 54.6 Å². The van der Waals surface area contributed by atoms with Crippen molar-refractivity contribution in [2.45, 2.75) is 32.2 Å². The van der Waals surface area contributed by atoms with E-state index in [1.54, 1.807) is 4.90 Å². The van der Waals surface area contributed by atoms with Crippen molar-refractivity contribution in [1.82, 2.24) is 0 Å². The lowest BCUT2D eigenvalue weighted by Gasteiger charge is -2.29. The summed E-state index contributed by atoms with van der Waals surface area (Å²) in [6.07, 6.45) is 3.89. The van der Waals surface area contributed by atoms with Crippen LogP contribution in [0.5, 0.6) is 0 Å². The van der Waals surface area contributed by atoms with Gasteiger partial charge in [-0.05, 0) is 62.6 Å². The van der Waals surface area contributed by atoms with Gasteiger partial charge in [0.15, 0.2) is 0 Å². The van der Waals surface area contributed by atoms with Gasteiger partial charge in [0, 0.05) is 37.2 Å². The van der Waals surface area contributed by atoms with Crippen molar-refractivity contribution in [2.24, 2.45) is 0 Å². The quantitative estimate of drug-likeness (QED) is 0.891. The van der Waals surface area contributed by atoms with Crippen LogP contribution in [0.15, 0.2) is 54.6 Å². The SMILES string of the molecule is C[C@H](Nc1ccc(N2CCCCC2)cc1)C(=O)N(C)c1ccccc1. The maximum atomic E-state index is 12.6. The van der Waals surface area contributed by atoms with Crippen molar-refractivity contribution in [3.8, 4) is 0 Å². The second-order valence-corrected chi connectivity index (χ2v) is 6.69. The highest BCUT2D eigenvalue weighted by Crippen LogP contribution is 2.22. The lowest BCUT2D eigenvalue weighted by molar-refractivity contribution is -0.118. The number of nitrogens with zero attached hydrogens (tertiary/aromatic N) is 2. The molecule has 0 spiro atoms. The number of likely N-dealkylation sites (N-methyl/N-ethyl adjacent to an activating group) is 1. The molecule has 1 saturated heterocycles. The molecular formula is C21H27N3O. The number of hydrogen-bond acceptors (Lipinski definition) is 3. The third kappa shape index (κ3) is 4.32. The van der Waals surface area contributed by atoms with E-state index in [-0.39, 0.29) is 11.9 Å². The molecule has 4 nitrogen and oxygen atoms in total. The van der Waals surface area contributed by atoms with Gasteiger partial charge in [-0.1, -0.05) is 18.2 Å². The molecule has 1 N–H and O–H groups in total. The van der Waals surface area contributed by atoms with Crippen molar-refractivity contribution < 1.29 is 4.79 Å². The molecule has 1 aliphatic rings. The monoisotopic (exact) mass is 337 g/mol. The largest absolute Gasteiger partial charge is 0.374 e. The molecule has 1 atom stereocenters. The van der Waals surface area contributed by atoms with Gasteiger partial charge in [0.2, 0.25) is 5.91 Å². The first-order valence-electron chi connectivity index (χ1n) is 9.09. The van der Waals surface area contributed by atoms with Gasteiger partial charge in [-0.15, -0.1) is 0 Å². The van der Waals surface area contributed by atoms with Crippen LogP contribution in [0.4, 0.5) is 17.1 Å². The Morgan fingerprint density at radius 3 is 2.28 bits per heavy atom. The zero-order valence-corrected chi connectivity index (χ0v) is 15.1. The molecule has 2 aromatic rings. The van der Waals surface area contributed by atoms with Gasteiger partial charge in [0.25, 0.3) is 0 Å². The molecule has 0 unspecified atom stereocenters. The number of benzene rings is 2. The minimum Gasteiger partial charge on any atom is -0.374 e.